The molecule has 2 atom stereocenters. The van der Waals surface area contributed by atoms with Crippen LogP contribution in [-0.2, 0) is 0 Å². The number of fused-ring (bicyclic) bond motifs is 3. The molecule has 1 aromatic carbocycles. The Hall–Kier alpha value is -1.77. The van der Waals surface area contributed by atoms with E-state index >= 15 is 0 Å². The van der Waals surface area contributed by atoms with Crippen molar-refractivity contribution in [3.8, 4) is 0 Å². The Morgan fingerprint density at radius 1 is 1.23 bits per heavy atom. The number of hydrogen-bond acceptors (Lipinski definition) is 1. The highest BCUT2D eigenvalue weighted by Crippen LogP contribution is 2.52. The first-order chi connectivity index (χ1) is 10.4. The second-order valence-corrected chi connectivity index (χ2v) is 8.39. The average Bonchev–Trinajstić information content (AvgIpc) is 2.95. The predicted molar refractivity (Wildman–Crippen MR) is 88.9 cm³/mol. The summed E-state index contributed by atoms with van der Waals surface area (Å²) in [6, 6.07) is 8.46. The molecule has 1 amide bonds. The minimum Gasteiger partial charge on any atom is -0.360 e. The van der Waals surface area contributed by atoms with Gasteiger partial charge in [0, 0.05) is 29.7 Å². The van der Waals surface area contributed by atoms with Crippen LogP contribution in [0, 0.1) is 10.8 Å². The van der Waals surface area contributed by atoms with E-state index in [2.05, 4.69) is 30.7 Å². The maximum Gasteiger partial charge on any atom is 0.256 e. The van der Waals surface area contributed by atoms with Gasteiger partial charge < -0.3 is 9.88 Å². The first-order valence-corrected chi connectivity index (χ1v) is 8.24. The maximum absolute atomic E-state index is 13.1. The Labute approximate surface area is 131 Å². The predicted octanol–water partition coefficient (Wildman–Crippen LogP) is 4.21. The molecule has 2 aromatic rings. The number of H-pyrrole nitrogens is 1. The van der Waals surface area contributed by atoms with Gasteiger partial charge in [-0.3, -0.25) is 4.79 Å². The summed E-state index contributed by atoms with van der Waals surface area (Å²) in [6.07, 6.45) is 5.37. The summed E-state index contributed by atoms with van der Waals surface area (Å²) < 4.78 is 0. The molecule has 2 aliphatic rings. The topological polar surface area (TPSA) is 36.1 Å². The van der Waals surface area contributed by atoms with Crippen molar-refractivity contribution in [2.75, 3.05) is 6.54 Å². The van der Waals surface area contributed by atoms with E-state index in [1.165, 1.54) is 6.42 Å². The summed E-state index contributed by atoms with van der Waals surface area (Å²) in [4.78, 5) is 18.5. The van der Waals surface area contributed by atoms with Crippen molar-refractivity contribution in [1.82, 2.24) is 9.88 Å². The lowest BCUT2D eigenvalue weighted by Crippen LogP contribution is -2.37. The van der Waals surface area contributed by atoms with Crippen LogP contribution >= 0.6 is 0 Å². The first-order valence-electron chi connectivity index (χ1n) is 8.24. The average molecular weight is 296 g/mol. The lowest BCUT2D eigenvalue weighted by molar-refractivity contribution is 0.0710. The van der Waals surface area contributed by atoms with Crippen LogP contribution in [-0.4, -0.2) is 28.4 Å². The maximum atomic E-state index is 13.1. The van der Waals surface area contributed by atoms with Crippen molar-refractivity contribution in [2.24, 2.45) is 10.8 Å². The van der Waals surface area contributed by atoms with Crippen molar-refractivity contribution < 1.29 is 4.79 Å². The number of carbonyl (C=O) groups excluding carboxylic acids is 1. The van der Waals surface area contributed by atoms with Gasteiger partial charge in [-0.05, 0) is 36.2 Å². The highest BCUT2D eigenvalue weighted by atomic mass is 16.2. The highest BCUT2D eigenvalue weighted by molar-refractivity contribution is 6.06. The fourth-order valence-electron chi connectivity index (χ4n) is 5.10. The summed E-state index contributed by atoms with van der Waals surface area (Å²) in [5.74, 6) is 0.198. The fourth-order valence-corrected chi connectivity index (χ4v) is 5.10. The smallest absolute Gasteiger partial charge is 0.256 e. The molecule has 2 heterocycles. The fraction of sp³-hybridized carbons (Fsp3) is 0.526. The number of nitrogens with one attached hydrogen (secondary N) is 1. The third-order valence-electron chi connectivity index (χ3n) is 5.50. The van der Waals surface area contributed by atoms with Gasteiger partial charge in [0.05, 0.1) is 5.56 Å². The second kappa shape index (κ2) is 4.37. The molecule has 3 nitrogen and oxygen atoms in total. The van der Waals surface area contributed by atoms with Gasteiger partial charge in [-0.15, -0.1) is 0 Å². The van der Waals surface area contributed by atoms with Crippen LogP contribution in [0.4, 0.5) is 0 Å². The van der Waals surface area contributed by atoms with Crippen molar-refractivity contribution >= 4 is 16.8 Å². The molecule has 4 rings (SSSR count). The monoisotopic (exact) mass is 296 g/mol. The SMILES string of the molecule is CC1(C)CC2CC(C)(CN2C(=O)c2c[nH]c3ccccc23)C1. The molecule has 0 radical (unpaired) electrons. The number of nitrogens with zero attached hydrogens (tertiary/aromatic N) is 1. The summed E-state index contributed by atoms with van der Waals surface area (Å²) in [5.41, 5.74) is 2.49. The third-order valence-corrected chi connectivity index (χ3v) is 5.50. The molecule has 1 aliphatic carbocycles. The van der Waals surface area contributed by atoms with Gasteiger partial charge in [0.1, 0.15) is 0 Å². The van der Waals surface area contributed by atoms with E-state index < -0.39 is 0 Å². The zero-order chi connectivity index (χ0) is 15.5. The Bertz CT molecular complexity index is 745. The van der Waals surface area contributed by atoms with E-state index in [-0.39, 0.29) is 11.3 Å². The van der Waals surface area contributed by atoms with Crippen LogP contribution in [0.5, 0.6) is 0 Å². The number of rotatable bonds is 1. The van der Waals surface area contributed by atoms with Crippen molar-refractivity contribution in [3.63, 3.8) is 0 Å². The standard InChI is InChI=1S/C19H24N2O/c1-18(2)8-13-9-19(3,11-18)12-21(13)17(22)15-10-20-16-7-5-4-6-14(15)16/h4-7,10,13,20H,8-9,11-12H2,1-3H3. The Morgan fingerprint density at radius 3 is 2.82 bits per heavy atom. The molecule has 3 heteroatoms. The molecule has 1 saturated heterocycles. The molecule has 22 heavy (non-hydrogen) atoms. The Kier molecular flexibility index (Phi) is 2.76. The molecule has 2 fully saturated rings. The molecular formula is C19H24N2O. The van der Waals surface area contributed by atoms with Crippen LogP contribution in [0.15, 0.2) is 30.5 Å². The van der Waals surface area contributed by atoms with Crippen LogP contribution in [0.2, 0.25) is 0 Å². The molecular weight excluding hydrogens is 272 g/mol. The van der Waals surface area contributed by atoms with Crippen molar-refractivity contribution in [1.29, 1.82) is 0 Å². The largest absolute Gasteiger partial charge is 0.360 e. The molecule has 2 unspecified atom stereocenters. The number of likely N-dealkylation sites (tertiary alicyclic amines) is 1. The quantitative estimate of drug-likeness (QED) is 0.841. The second-order valence-electron chi connectivity index (χ2n) is 8.39. The van der Waals surface area contributed by atoms with E-state index in [4.69, 9.17) is 0 Å². The summed E-state index contributed by atoms with van der Waals surface area (Å²) in [5, 5.41) is 1.04. The molecule has 1 aromatic heterocycles. The number of hydrogen-bond donors (Lipinski definition) is 1. The van der Waals surface area contributed by atoms with Gasteiger partial charge in [-0.1, -0.05) is 39.0 Å². The molecule has 1 aliphatic heterocycles. The van der Waals surface area contributed by atoms with Crippen molar-refractivity contribution in [3.05, 3.63) is 36.0 Å². The Balaban J connectivity index is 1.69. The third kappa shape index (κ3) is 2.06. The van der Waals surface area contributed by atoms with Crippen LogP contribution < -0.4 is 0 Å². The molecule has 1 N–H and O–H groups in total. The zero-order valence-corrected chi connectivity index (χ0v) is 13.6. The highest BCUT2D eigenvalue weighted by Gasteiger charge is 2.51. The number of aromatic amines is 1. The molecule has 1 saturated carbocycles. The normalized spacial score (nSPS) is 30.0. The van der Waals surface area contributed by atoms with Crippen LogP contribution in [0.3, 0.4) is 0 Å². The minimum atomic E-state index is 0.198. The number of aromatic nitrogens is 1. The van der Waals surface area contributed by atoms with E-state index in [1.807, 2.05) is 30.5 Å². The van der Waals surface area contributed by atoms with Gasteiger partial charge >= 0.3 is 0 Å². The van der Waals surface area contributed by atoms with E-state index in [0.29, 0.717) is 11.5 Å². The van der Waals surface area contributed by atoms with Crippen LogP contribution in [0.1, 0.15) is 50.4 Å². The van der Waals surface area contributed by atoms with E-state index in [0.717, 1.165) is 35.9 Å². The molecule has 0 spiro atoms. The first kappa shape index (κ1) is 13.9. The van der Waals surface area contributed by atoms with Gasteiger partial charge in [0.25, 0.3) is 5.91 Å². The number of para-hydroxylation sites is 1. The summed E-state index contributed by atoms with van der Waals surface area (Å²) in [6.45, 7) is 7.94. The Morgan fingerprint density at radius 2 is 2.00 bits per heavy atom. The lowest BCUT2D eigenvalue weighted by atomic mass is 9.65. The lowest BCUT2D eigenvalue weighted by Gasteiger charge is -2.39. The number of carbonyl (C=O) groups is 1. The summed E-state index contributed by atoms with van der Waals surface area (Å²) >= 11 is 0. The zero-order valence-electron chi connectivity index (χ0n) is 13.6. The number of amides is 1. The molecule has 2 bridgehead atoms. The van der Waals surface area contributed by atoms with Gasteiger partial charge in [0.15, 0.2) is 0 Å². The van der Waals surface area contributed by atoms with E-state index in [9.17, 15) is 4.79 Å². The minimum absolute atomic E-state index is 0.198. The van der Waals surface area contributed by atoms with E-state index in [1.54, 1.807) is 0 Å². The van der Waals surface area contributed by atoms with Crippen LogP contribution in [0.25, 0.3) is 10.9 Å². The van der Waals surface area contributed by atoms with Gasteiger partial charge in [-0.25, -0.2) is 0 Å². The molecule has 116 valence electrons. The van der Waals surface area contributed by atoms with Gasteiger partial charge in [0.2, 0.25) is 0 Å². The van der Waals surface area contributed by atoms with Gasteiger partial charge in [-0.2, -0.15) is 0 Å². The van der Waals surface area contributed by atoms with Crippen molar-refractivity contribution in [2.45, 2.75) is 46.1 Å². The summed E-state index contributed by atoms with van der Waals surface area (Å²) in [7, 11) is 0. The number of benzene rings is 1.